The van der Waals surface area contributed by atoms with Crippen LogP contribution in [0.3, 0.4) is 0 Å². The number of benzene rings is 1. The van der Waals surface area contributed by atoms with Gasteiger partial charge in [-0.1, -0.05) is 43.2 Å². The molecule has 0 N–H and O–H groups in total. The summed E-state index contributed by atoms with van der Waals surface area (Å²) in [6.45, 7) is 0.598. The lowest BCUT2D eigenvalue weighted by atomic mass is 9.96. The van der Waals surface area contributed by atoms with E-state index in [2.05, 4.69) is 44.7 Å². The second-order valence-corrected chi connectivity index (χ2v) is 8.24. The molecule has 8 heteroatoms. The van der Waals surface area contributed by atoms with Crippen molar-refractivity contribution in [3.63, 3.8) is 0 Å². The lowest BCUT2D eigenvalue weighted by Crippen LogP contribution is -2.28. The minimum atomic E-state index is 0.0786. The number of anilines is 1. The fourth-order valence-corrected chi connectivity index (χ4v) is 4.22. The first-order chi connectivity index (χ1) is 13.0. The Morgan fingerprint density at radius 2 is 1.85 bits per heavy atom. The van der Waals surface area contributed by atoms with E-state index in [1.807, 2.05) is 25.8 Å². The SMILES string of the molecule is CN(Cc1ccc(N(C)C)cc1)C(=O)CSc1nnnn1C1CCCCC1. The number of rotatable bonds is 7. The minimum Gasteiger partial charge on any atom is -0.378 e. The zero-order valence-corrected chi connectivity index (χ0v) is 17.2. The van der Waals surface area contributed by atoms with Gasteiger partial charge in [-0.3, -0.25) is 4.79 Å². The van der Waals surface area contributed by atoms with Crippen LogP contribution in [0.25, 0.3) is 0 Å². The quantitative estimate of drug-likeness (QED) is 0.679. The Hall–Kier alpha value is -2.09. The lowest BCUT2D eigenvalue weighted by molar-refractivity contribution is -0.127. The van der Waals surface area contributed by atoms with Crippen molar-refractivity contribution in [3.8, 4) is 0 Å². The Balaban J connectivity index is 1.52. The van der Waals surface area contributed by atoms with Crippen molar-refractivity contribution in [1.29, 1.82) is 0 Å². The maximum atomic E-state index is 12.5. The Bertz CT molecular complexity index is 739. The summed E-state index contributed by atoms with van der Waals surface area (Å²) in [4.78, 5) is 16.3. The molecule has 0 atom stereocenters. The van der Waals surface area contributed by atoms with Crippen LogP contribution in [0.1, 0.15) is 43.7 Å². The van der Waals surface area contributed by atoms with Crippen LogP contribution in [0.2, 0.25) is 0 Å². The van der Waals surface area contributed by atoms with Crippen LogP contribution < -0.4 is 4.90 Å². The molecule has 27 heavy (non-hydrogen) atoms. The number of nitrogens with zero attached hydrogens (tertiary/aromatic N) is 6. The average molecular weight is 389 g/mol. The lowest BCUT2D eigenvalue weighted by Gasteiger charge is -2.22. The summed E-state index contributed by atoms with van der Waals surface area (Å²) in [6.07, 6.45) is 5.98. The highest BCUT2D eigenvalue weighted by Crippen LogP contribution is 2.30. The van der Waals surface area contributed by atoms with Crippen LogP contribution in [-0.2, 0) is 11.3 Å². The number of carbonyl (C=O) groups excluding carboxylic acids is 1. The normalized spacial score (nSPS) is 14.9. The van der Waals surface area contributed by atoms with Crippen molar-refractivity contribution in [3.05, 3.63) is 29.8 Å². The highest BCUT2D eigenvalue weighted by Gasteiger charge is 2.21. The first kappa shape index (κ1) is 19.7. The van der Waals surface area contributed by atoms with Crippen molar-refractivity contribution in [2.45, 2.75) is 49.8 Å². The van der Waals surface area contributed by atoms with Gasteiger partial charge in [0, 0.05) is 33.4 Å². The maximum Gasteiger partial charge on any atom is 0.233 e. The van der Waals surface area contributed by atoms with Crippen LogP contribution in [0.15, 0.2) is 29.4 Å². The molecule has 7 nitrogen and oxygen atoms in total. The number of hydrogen-bond acceptors (Lipinski definition) is 6. The van der Waals surface area contributed by atoms with Crippen molar-refractivity contribution in [2.75, 3.05) is 31.8 Å². The van der Waals surface area contributed by atoms with Crippen molar-refractivity contribution >= 4 is 23.4 Å². The van der Waals surface area contributed by atoms with Crippen LogP contribution in [0.4, 0.5) is 5.69 Å². The van der Waals surface area contributed by atoms with Crippen LogP contribution in [0.5, 0.6) is 0 Å². The Kier molecular flexibility index (Phi) is 6.71. The summed E-state index contributed by atoms with van der Waals surface area (Å²) in [5, 5.41) is 12.9. The molecule has 1 fully saturated rings. The molecule has 1 aromatic heterocycles. The van der Waals surface area contributed by atoms with E-state index in [0.717, 1.165) is 29.2 Å². The highest BCUT2D eigenvalue weighted by atomic mass is 32.2. The van der Waals surface area contributed by atoms with Gasteiger partial charge in [0.15, 0.2) is 0 Å². The Morgan fingerprint density at radius 3 is 2.52 bits per heavy atom. The number of aromatic nitrogens is 4. The summed E-state index contributed by atoms with van der Waals surface area (Å²) < 4.78 is 1.91. The molecule has 0 radical (unpaired) electrons. The predicted octanol–water partition coefficient (Wildman–Crippen LogP) is 3.00. The van der Waals surface area contributed by atoms with E-state index in [4.69, 9.17) is 0 Å². The molecule has 1 aliphatic rings. The smallest absolute Gasteiger partial charge is 0.233 e. The number of hydrogen-bond donors (Lipinski definition) is 0. The fraction of sp³-hybridized carbons (Fsp3) is 0.579. The van der Waals surface area contributed by atoms with Gasteiger partial charge in [-0.25, -0.2) is 4.68 Å². The molecule has 146 valence electrons. The molecule has 0 unspecified atom stereocenters. The van der Waals surface area contributed by atoms with E-state index < -0.39 is 0 Å². The number of amides is 1. The monoisotopic (exact) mass is 388 g/mol. The van der Waals surface area contributed by atoms with Gasteiger partial charge in [0.25, 0.3) is 0 Å². The molecular weight excluding hydrogens is 360 g/mol. The molecule has 1 aliphatic carbocycles. The highest BCUT2D eigenvalue weighted by molar-refractivity contribution is 7.99. The molecule has 0 bridgehead atoms. The topological polar surface area (TPSA) is 67.2 Å². The molecule has 0 spiro atoms. The fourth-order valence-electron chi connectivity index (χ4n) is 3.33. The van der Waals surface area contributed by atoms with Crippen molar-refractivity contribution < 1.29 is 4.79 Å². The van der Waals surface area contributed by atoms with Gasteiger partial charge in [-0.2, -0.15) is 0 Å². The predicted molar refractivity (Wildman–Crippen MR) is 108 cm³/mol. The van der Waals surface area contributed by atoms with E-state index in [1.165, 1.54) is 31.0 Å². The summed E-state index contributed by atoms with van der Waals surface area (Å²) in [5.41, 5.74) is 2.27. The van der Waals surface area contributed by atoms with Crippen LogP contribution in [0, 0.1) is 0 Å². The zero-order chi connectivity index (χ0) is 19.2. The minimum absolute atomic E-state index is 0.0786. The average Bonchev–Trinajstić information content (AvgIpc) is 3.15. The van der Waals surface area contributed by atoms with Crippen molar-refractivity contribution in [2.24, 2.45) is 0 Å². The summed E-state index contributed by atoms with van der Waals surface area (Å²) in [7, 11) is 5.87. The number of carbonyl (C=O) groups is 1. The third kappa shape index (κ3) is 5.22. The van der Waals surface area contributed by atoms with Gasteiger partial charge in [-0.15, -0.1) is 5.10 Å². The molecule has 0 aliphatic heterocycles. The van der Waals surface area contributed by atoms with Gasteiger partial charge in [-0.05, 0) is 41.0 Å². The van der Waals surface area contributed by atoms with E-state index in [1.54, 1.807) is 4.90 Å². The van der Waals surface area contributed by atoms with Crippen LogP contribution in [-0.4, -0.2) is 57.9 Å². The molecule has 1 heterocycles. The third-order valence-corrected chi connectivity index (χ3v) is 5.92. The first-order valence-corrected chi connectivity index (χ1v) is 10.4. The van der Waals surface area contributed by atoms with Gasteiger partial charge >= 0.3 is 0 Å². The largest absolute Gasteiger partial charge is 0.378 e. The molecule has 0 saturated heterocycles. The number of tetrazole rings is 1. The molecule has 1 aromatic carbocycles. The van der Waals surface area contributed by atoms with Crippen molar-refractivity contribution in [1.82, 2.24) is 25.1 Å². The van der Waals surface area contributed by atoms with Gasteiger partial charge < -0.3 is 9.80 Å². The van der Waals surface area contributed by atoms with Gasteiger partial charge in [0.2, 0.25) is 11.1 Å². The van der Waals surface area contributed by atoms with E-state index in [-0.39, 0.29) is 5.91 Å². The summed E-state index contributed by atoms with van der Waals surface area (Å²) in [5.74, 6) is 0.425. The van der Waals surface area contributed by atoms with E-state index >= 15 is 0 Å². The molecule has 2 aromatic rings. The van der Waals surface area contributed by atoms with Gasteiger partial charge in [0.05, 0.1) is 11.8 Å². The summed E-state index contributed by atoms with van der Waals surface area (Å²) in [6, 6.07) is 8.65. The van der Waals surface area contributed by atoms with E-state index in [0.29, 0.717) is 18.3 Å². The van der Waals surface area contributed by atoms with Gasteiger partial charge in [0.1, 0.15) is 0 Å². The Labute approximate surface area is 165 Å². The van der Waals surface area contributed by atoms with Crippen LogP contribution >= 0.6 is 11.8 Å². The molecule has 1 saturated carbocycles. The third-order valence-electron chi connectivity index (χ3n) is 5.01. The molecule has 1 amide bonds. The summed E-state index contributed by atoms with van der Waals surface area (Å²) >= 11 is 1.43. The maximum absolute atomic E-state index is 12.5. The molecular formula is C19H28N6OS. The zero-order valence-electron chi connectivity index (χ0n) is 16.3. The second-order valence-electron chi connectivity index (χ2n) is 7.30. The Morgan fingerprint density at radius 1 is 1.15 bits per heavy atom. The first-order valence-electron chi connectivity index (χ1n) is 9.45. The standard InChI is InChI=1S/C19H28N6OS/c1-23(2)16-11-9-15(10-12-16)13-24(3)18(26)14-27-19-20-21-22-25(19)17-7-5-4-6-8-17/h9-12,17H,4-8,13-14H2,1-3H3. The molecule has 3 rings (SSSR count). The van der Waals surface area contributed by atoms with E-state index in [9.17, 15) is 4.79 Å². The number of thioether (sulfide) groups is 1. The second kappa shape index (κ2) is 9.21.